The fourth-order valence-electron chi connectivity index (χ4n) is 3.65. The summed E-state index contributed by atoms with van der Waals surface area (Å²) in [5.74, 6) is -0.379. The maximum absolute atomic E-state index is 12.9. The van der Waals surface area contributed by atoms with Crippen molar-refractivity contribution in [2.24, 2.45) is 0 Å². The number of carbonyl (C=O) groups excluding carboxylic acids is 2. The zero-order valence-electron chi connectivity index (χ0n) is 21.4. The monoisotopic (exact) mass is 532 g/mol. The Kier molecular flexibility index (Phi) is 9.65. The number of benzene rings is 2. The molecule has 1 aromatic heterocycles. The number of fused-ring (bicyclic) bond motifs is 1. The molecule has 3 aromatic rings. The minimum absolute atomic E-state index is 0.198. The number of alkyl carbamates (subject to hydrolysis) is 1. The van der Waals surface area contributed by atoms with E-state index in [4.69, 9.17) is 9.57 Å². The van der Waals surface area contributed by atoms with Gasteiger partial charge >= 0.3 is 12.3 Å². The van der Waals surface area contributed by atoms with E-state index < -0.39 is 29.5 Å². The Morgan fingerprint density at radius 3 is 2.42 bits per heavy atom. The molecule has 0 fully saturated rings. The van der Waals surface area contributed by atoms with Crippen LogP contribution < -0.4 is 16.3 Å². The van der Waals surface area contributed by atoms with Gasteiger partial charge in [0.15, 0.2) is 0 Å². The van der Waals surface area contributed by atoms with E-state index in [9.17, 15) is 22.8 Å². The molecule has 1 heterocycles. The van der Waals surface area contributed by atoms with Gasteiger partial charge in [0.05, 0.1) is 12.2 Å². The van der Waals surface area contributed by atoms with E-state index in [0.717, 1.165) is 22.9 Å². The molecule has 11 heteroatoms. The van der Waals surface area contributed by atoms with Crippen molar-refractivity contribution in [2.45, 2.75) is 57.9 Å². The predicted molar refractivity (Wildman–Crippen MR) is 136 cm³/mol. The van der Waals surface area contributed by atoms with E-state index in [1.807, 2.05) is 6.07 Å². The molecule has 204 valence electrons. The van der Waals surface area contributed by atoms with Crippen molar-refractivity contribution in [1.82, 2.24) is 21.3 Å². The van der Waals surface area contributed by atoms with Crippen LogP contribution in [0.3, 0.4) is 0 Å². The number of hydrogen-bond acceptors (Lipinski definition) is 6. The van der Waals surface area contributed by atoms with Crippen molar-refractivity contribution in [3.05, 3.63) is 77.6 Å². The number of halogens is 3. The van der Waals surface area contributed by atoms with Crippen molar-refractivity contribution in [3.63, 3.8) is 0 Å². The third-order valence-electron chi connectivity index (χ3n) is 5.42. The van der Waals surface area contributed by atoms with Gasteiger partial charge in [-0.15, -0.1) is 5.59 Å². The van der Waals surface area contributed by atoms with Crippen molar-refractivity contribution in [2.75, 3.05) is 6.61 Å². The smallest absolute Gasteiger partial charge is 0.416 e. The molecule has 2 aromatic carbocycles. The van der Waals surface area contributed by atoms with Gasteiger partial charge in [0.25, 0.3) is 5.91 Å². The van der Waals surface area contributed by atoms with Crippen LogP contribution in [0, 0.1) is 0 Å². The standard InChI is InChI=1S/C27H31F3N4O4/c1-26(2,3)38-25(36)32-23(15-18-6-10-22(11-7-18)27(28,29)30)5-4-14-37-34-33-24(35)20-8-9-21-17-31-13-12-19(21)16-20/h6-13,16-17,23,34H,4-5,14-15H2,1-3H3,(H,32,36)(H,33,35)/t23-/m1/s1. The Morgan fingerprint density at radius 1 is 1.00 bits per heavy atom. The highest BCUT2D eigenvalue weighted by Gasteiger charge is 2.30. The third-order valence-corrected chi connectivity index (χ3v) is 5.42. The molecule has 0 aliphatic rings. The summed E-state index contributed by atoms with van der Waals surface area (Å²) < 4.78 is 43.9. The molecule has 1 atom stereocenters. The Bertz CT molecular complexity index is 1230. The number of alkyl halides is 3. The normalized spacial score (nSPS) is 12.7. The number of carbonyl (C=O) groups is 2. The zero-order chi connectivity index (χ0) is 27.8. The van der Waals surface area contributed by atoms with Gasteiger partial charge in [-0.3, -0.25) is 20.0 Å². The Morgan fingerprint density at radius 2 is 1.74 bits per heavy atom. The highest BCUT2D eigenvalue weighted by Crippen LogP contribution is 2.29. The van der Waals surface area contributed by atoms with Gasteiger partial charge in [-0.1, -0.05) is 18.2 Å². The SMILES string of the molecule is CC(C)(C)OC(=O)N[C@H](CCCONNC(=O)c1ccc2cnccc2c1)Cc1ccc(C(F)(F)F)cc1. The molecule has 0 unspecified atom stereocenters. The summed E-state index contributed by atoms with van der Waals surface area (Å²) in [6, 6.07) is 11.4. The second-order valence-corrected chi connectivity index (χ2v) is 9.73. The lowest BCUT2D eigenvalue weighted by Gasteiger charge is -2.24. The summed E-state index contributed by atoms with van der Waals surface area (Å²) in [6.45, 7) is 5.41. The zero-order valence-corrected chi connectivity index (χ0v) is 21.4. The van der Waals surface area contributed by atoms with Crippen molar-refractivity contribution >= 4 is 22.8 Å². The highest BCUT2D eigenvalue weighted by atomic mass is 19.4. The predicted octanol–water partition coefficient (Wildman–Crippen LogP) is 5.34. The van der Waals surface area contributed by atoms with E-state index in [0.29, 0.717) is 30.4 Å². The second-order valence-electron chi connectivity index (χ2n) is 9.73. The Labute approximate surface area is 218 Å². The molecule has 0 aliphatic carbocycles. The van der Waals surface area contributed by atoms with Gasteiger partial charge in [-0.25, -0.2) is 4.79 Å². The number of amides is 2. The van der Waals surface area contributed by atoms with E-state index in [2.05, 4.69) is 21.3 Å². The lowest BCUT2D eigenvalue weighted by atomic mass is 10.0. The van der Waals surface area contributed by atoms with E-state index in [1.54, 1.807) is 51.4 Å². The fourth-order valence-corrected chi connectivity index (χ4v) is 3.65. The first-order valence-corrected chi connectivity index (χ1v) is 12.1. The molecule has 0 saturated carbocycles. The number of aromatic nitrogens is 1. The van der Waals surface area contributed by atoms with Crippen LogP contribution in [0.1, 0.15) is 55.1 Å². The third kappa shape index (κ3) is 9.31. The van der Waals surface area contributed by atoms with Gasteiger partial charge < -0.3 is 10.1 Å². The largest absolute Gasteiger partial charge is 0.444 e. The molecule has 0 radical (unpaired) electrons. The number of hydrazine groups is 1. The molecule has 2 amide bonds. The topological polar surface area (TPSA) is 102 Å². The highest BCUT2D eigenvalue weighted by molar-refractivity contribution is 5.98. The van der Waals surface area contributed by atoms with Crippen molar-refractivity contribution in [3.8, 4) is 0 Å². The van der Waals surface area contributed by atoms with Crippen LogP contribution in [0.2, 0.25) is 0 Å². The maximum Gasteiger partial charge on any atom is 0.416 e. The van der Waals surface area contributed by atoms with Crippen LogP contribution in [0.5, 0.6) is 0 Å². The van der Waals surface area contributed by atoms with Gasteiger partial charge in [0, 0.05) is 29.4 Å². The number of nitrogens with zero attached hydrogens (tertiary/aromatic N) is 1. The summed E-state index contributed by atoms with van der Waals surface area (Å²) in [6.07, 6.45) is -0.444. The van der Waals surface area contributed by atoms with Gasteiger partial charge in [-0.05, 0) is 81.3 Å². The molecule has 3 N–H and O–H groups in total. The van der Waals surface area contributed by atoms with Crippen LogP contribution in [0.25, 0.3) is 10.8 Å². The molecule has 0 aliphatic heterocycles. The fraction of sp³-hybridized carbons (Fsp3) is 0.370. The second kappa shape index (κ2) is 12.7. The summed E-state index contributed by atoms with van der Waals surface area (Å²) >= 11 is 0. The average Bonchev–Trinajstić information content (AvgIpc) is 2.84. The molecule has 0 spiro atoms. The van der Waals surface area contributed by atoms with Crippen LogP contribution >= 0.6 is 0 Å². The van der Waals surface area contributed by atoms with Crippen molar-refractivity contribution in [1.29, 1.82) is 0 Å². The lowest BCUT2D eigenvalue weighted by molar-refractivity contribution is -0.137. The van der Waals surface area contributed by atoms with E-state index >= 15 is 0 Å². The molecule has 0 saturated heterocycles. The minimum atomic E-state index is -4.42. The minimum Gasteiger partial charge on any atom is -0.444 e. The first-order valence-electron chi connectivity index (χ1n) is 12.1. The molecular formula is C27H31F3N4O4. The first-order chi connectivity index (χ1) is 17.9. The lowest BCUT2D eigenvalue weighted by Crippen LogP contribution is -2.41. The number of pyridine rings is 1. The molecule has 8 nitrogen and oxygen atoms in total. The van der Waals surface area contributed by atoms with Gasteiger partial charge in [-0.2, -0.15) is 13.2 Å². The summed E-state index contributed by atoms with van der Waals surface area (Å²) in [4.78, 5) is 34.0. The van der Waals surface area contributed by atoms with Crippen molar-refractivity contribution < 1.29 is 32.3 Å². The number of nitrogens with one attached hydrogen (secondary N) is 3. The van der Waals surface area contributed by atoms with E-state index in [-0.39, 0.29) is 12.5 Å². The average molecular weight is 533 g/mol. The quantitative estimate of drug-likeness (QED) is 0.241. The van der Waals surface area contributed by atoms with Gasteiger partial charge in [0.1, 0.15) is 5.60 Å². The molecule has 0 bridgehead atoms. The number of hydrogen-bond donors (Lipinski definition) is 3. The molecular weight excluding hydrogens is 501 g/mol. The Hall–Kier alpha value is -3.70. The first kappa shape index (κ1) is 28.9. The van der Waals surface area contributed by atoms with E-state index in [1.165, 1.54) is 12.1 Å². The number of rotatable bonds is 10. The van der Waals surface area contributed by atoms with Crippen LogP contribution in [-0.4, -0.2) is 35.2 Å². The summed E-state index contributed by atoms with van der Waals surface area (Å²) in [5, 5.41) is 4.57. The van der Waals surface area contributed by atoms with Crippen LogP contribution in [0.15, 0.2) is 60.9 Å². The van der Waals surface area contributed by atoms with Crippen LogP contribution in [0.4, 0.5) is 18.0 Å². The number of ether oxygens (including phenoxy) is 1. The summed E-state index contributed by atoms with van der Waals surface area (Å²) in [7, 11) is 0. The van der Waals surface area contributed by atoms with Crippen LogP contribution in [-0.2, 0) is 22.2 Å². The molecule has 3 rings (SSSR count). The van der Waals surface area contributed by atoms with Gasteiger partial charge in [0.2, 0.25) is 0 Å². The summed E-state index contributed by atoms with van der Waals surface area (Å²) in [5.41, 5.74) is 4.52. The Balaban J connectivity index is 1.48. The molecule has 38 heavy (non-hydrogen) atoms. The maximum atomic E-state index is 12.9.